The van der Waals surface area contributed by atoms with Crippen LogP contribution in [-0.4, -0.2) is 67.8 Å². The van der Waals surface area contributed by atoms with Crippen molar-refractivity contribution in [3.8, 4) is 28.1 Å². The molecule has 0 amide bonds. The molecular weight excluding hydrogens is 397 g/mol. The van der Waals surface area contributed by atoms with Gasteiger partial charge in [-0.2, -0.15) is 0 Å². The second-order valence-electron chi connectivity index (χ2n) is 7.86. The number of anilines is 1. The predicted molar refractivity (Wildman–Crippen MR) is 116 cm³/mol. The van der Waals surface area contributed by atoms with Gasteiger partial charge < -0.3 is 19.3 Å². The normalized spacial score (nSPS) is 15.0. The number of pyridine rings is 1. The fraction of sp³-hybridized carbons (Fsp3) is 0.273. The van der Waals surface area contributed by atoms with Crippen molar-refractivity contribution in [1.29, 1.82) is 0 Å². The van der Waals surface area contributed by atoms with Crippen LogP contribution in [0.3, 0.4) is 0 Å². The maximum absolute atomic E-state index is 14.4. The summed E-state index contributed by atoms with van der Waals surface area (Å²) in [7, 11) is 2.09. The summed E-state index contributed by atoms with van der Waals surface area (Å²) in [5.74, 6) is 0.208. The van der Waals surface area contributed by atoms with Gasteiger partial charge in [0.1, 0.15) is 11.4 Å². The lowest BCUT2D eigenvalue weighted by atomic mass is 10.0. The van der Waals surface area contributed by atoms with E-state index in [4.69, 9.17) is 0 Å². The molecule has 4 heterocycles. The number of phenolic OH excluding ortho intramolecular Hbond substituents is 1. The molecular formula is C22H22FN7O. The number of benzene rings is 1. The van der Waals surface area contributed by atoms with Gasteiger partial charge in [-0.15, -0.1) is 10.2 Å². The molecule has 1 aliphatic rings. The van der Waals surface area contributed by atoms with Gasteiger partial charge in [-0.05, 0) is 37.7 Å². The van der Waals surface area contributed by atoms with Crippen LogP contribution in [0.15, 0.2) is 42.9 Å². The van der Waals surface area contributed by atoms with Crippen molar-refractivity contribution in [1.82, 2.24) is 29.5 Å². The fourth-order valence-electron chi connectivity index (χ4n) is 3.81. The molecule has 4 aromatic rings. The topological polar surface area (TPSA) is 82.7 Å². The third-order valence-electron chi connectivity index (χ3n) is 5.57. The molecule has 31 heavy (non-hydrogen) atoms. The van der Waals surface area contributed by atoms with Crippen molar-refractivity contribution in [3.63, 3.8) is 0 Å². The zero-order valence-electron chi connectivity index (χ0n) is 17.3. The number of fused-ring (bicyclic) bond motifs is 1. The molecule has 0 spiro atoms. The van der Waals surface area contributed by atoms with E-state index in [2.05, 4.69) is 37.0 Å². The highest BCUT2D eigenvalue weighted by Crippen LogP contribution is 2.33. The number of aromatic nitrogens is 5. The van der Waals surface area contributed by atoms with Gasteiger partial charge in [0.2, 0.25) is 5.95 Å². The van der Waals surface area contributed by atoms with E-state index in [9.17, 15) is 9.50 Å². The molecule has 8 nitrogen and oxygen atoms in total. The minimum atomic E-state index is -0.413. The minimum absolute atomic E-state index is 0.0308. The minimum Gasteiger partial charge on any atom is -0.507 e. The summed E-state index contributed by atoms with van der Waals surface area (Å²) in [6.45, 7) is 5.44. The van der Waals surface area contributed by atoms with Crippen LogP contribution in [0.4, 0.5) is 10.3 Å². The maximum Gasteiger partial charge on any atom is 0.245 e. The monoisotopic (exact) mass is 419 g/mol. The first kappa shape index (κ1) is 19.4. The van der Waals surface area contributed by atoms with Crippen molar-refractivity contribution < 1.29 is 9.50 Å². The molecule has 0 unspecified atom stereocenters. The second-order valence-corrected chi connectivity index (χ2v) is 7.86. The smallest absolute Gasteiger partial charge is 0.245 e. The Morgan fingerprint density at radius 2 is 1.81 bits per heavy atom. The second kappa shape index (κ2) is 7.59. The van der Waals surface area contributed by atoms with Crippen LogP contribution >= 0.6 is 0 Å². The molecule has 5 rings (SSSR count). The van der Waals surface area contributed by atoms with Crippen LogP contribution in [0.5, 0.6) is 5.75 Å². The first-order valence-electron chi connectivity index (χ1n) is 10.1. The average Bonchev–Trinajstić information content (AvgIpc) is 3.15. The molecule has 1 N–H and O–H groups in total. The van der Waals surface area contributed by atoms with Gasteiger partial charge in [0.05, 0.1) is 11.9 Å². The van der Waals surface area contributed by atoms with Gasteiger partial charge in [0.25, 0.3) is 0 Å². The number of phenols is 1. The summed E-state index contributed by atoms with van der Waals surface area (Å²) in [6, 6.07) is 6.57. The molecule has 1 saturated heterocycles. The van der Waals surface area contributed by atoms with Crippen LogP contribution in [-0.2, 0) is 0 Å². The molecule has 158 valence electrons. The Hall–Kier alpha value is -3.59. The van der Waals surface area contributed by atoms with Crippen molar-refractivity contribution in [2.45, 2.75) is 6.92 Å². The molecule has 1 aliphatic heterocycles. The number of imidazole rings is 1. The number of aromatic hydroxyl groups is 1. The summed E-state index contributed by atoms with van der Waals surface area (Å²) in [6.07, 6.45) is 5.17. The molecule has 3 aromatic heterocycles. The Morgan fingerprint density at radius 3 is 2.52 bits per heavy atom. The van der Waals surface area contributed by atoms with Crippen molar-refractivity contribution in [2.75, 3.05) is 38.1 Å². The van der Waals surface area contributed by atoms with E-state index in [1.54, 1.807) is 35.1 Å². The van der Waals surface area contributed by atoms with Crippen molar-refractivity contribution in [3.05, 3.63) is 54.4 Å². The molecule has 1 fully saturated rings. The lowest BCUT2D eigenvalue weighted by Crippen LogP contribution is -2.45. The Balaban J connectivity index is 1.42. The fourth-order valence-corrected chi connectivity index (χ4v) is 3.81. The third-order valence-corrected chi connectivity index (χ3v) is 5.57. The number of hydrogen-bond donors (Lipinski definition) is 1. The summed E-state index contributed by atoms with van der Waals surface area (Å²) in [5, 5.41) is 19.1. The van der Waals surface area contributed by atoms with Gasteiger partial charge in [0.15, 0.2) is 11.5 Å². The van der Waals surface area contributed by atoms with Gasteiger partial charge in [-0.3, -0.25) is 0 Å². The average molecular weight is 419 g/mol. The molecule has 1 aromatic carbocycles. The lowest BCUT2D eigenvalue weighted by Gasteiger charge is -2.31. The predicted octanol–water partition coefficient (Wildman–Crippen LogP) is 2.76. The number of likely N-dealkylation sites (N-methyl/N-ethyl adjacent to an activating group) is 1. The number of rotatable bonds is 3. The summed E-state index contributed by atoms with van der Waals surface area (Å²) >= 11 is 0. The van der Waals surface area contributed by atoms with Crippen molar-refractivity contribution in [2.24, 2.45) is 0 Å². The SMILES string of the molecule is Cc1cn2cc(-c3ccc(-c4cnc(N5CCN(C)CC5)nn4)c(O)c3)cc(F)c2n1. The van der Waals surface area contributed by atoms with Gasteiger partial charge in [-0.1, -0.05) is 6.07 Å². The Labute approximate surface area is 178 Å². The van der Waals surface area contributed by atoms with Crippen LogP contribution in [0.1, 0.15) is 5.69 Å². The summed E-state index contributed by atoms with van der Waals surface area (Å²) < 4.78 is 16.1. The molecule has 0 radical (unpaired) electrons. The Kier molecular flexibility index (Phi) is 4.74. The molecule has 0 bridgehead atoms. The largest absolute Gasteiger partial charge is 0.507 e. The Morgan fingerprint density at radius 1 is 1.00 bits per heavy atom. The first-order chi connectivity index (χ1) is 15.0. The van der Waals surface area contributed by atoms with E-state index in [0.29, 0.717) is 28.3 Å². The first-order valence-corrected chi connectivity index (χ1v) is 10.1. The van der Waals surface area contributed by atoms with Crippen LogP contribution in [0.25, 0.3) is 28.0 Å². The van der Waals surface area contributed by atoms with Gasteiger partial charge in [0, 0.05) is 49.7 Å². The summed E-state index contributed by atoms with van der Waals surface area (Å²) in [4.78, 5) is 13.0. The van der Waals surface area contributed by atoms with E-state index in [-0.39, 0.29) is 11.4 Å². The van der Waals surface area contributed by atoms with Crippen LogP contribution in [0, 0.1) is 12.7 Å². The van der Waals surface area contributed by atoms with E-state index in [0.717, 1.165) is 31.9 Å². The number of aryl methyl sites for hydroxylation is 1. The maximum atomic E-state index is 14.4. The highest BCUT2D eigenvalue weighted by molar-refractivity contribution is 5.74. The number of nitrogens with zero attached hydrogens (tertiary/aromatic N) is 7. The lowest BCUT2D eigenvalue weighted by molar-refractivity contribution is 0.311. The molecule has 0 aliphatic carbocycles. The van der Waals surface area contributed by atoms with E-state index >= 15 is 0 Å². The van der Waals surface area contributed by atoms with Crippen LogP contribution < -0.4 is 4.90 Å². The van der Waals surface area contributed by atoms with E-state index < -0.39 is 5.82 Å². The molecule has 0 saturated carbocycles. The van der Waals surface area contributed by atoms with E-state index in [1.807, 2.05) is 13.0 Å². The standard InChI is InChI=1S/C22H22FN7O/c1-14-12-30-13-16(9-18(23)21(30)25-14)15-3-4-17(20(31)10-15)19-11-24-22(27-26-19)29-7-5-28(2)6-8-29/h3-4,9-13,31H,5-8H2,1-2H3. The highest BCUT2D eigenvalue weighted by atomic mass is 19.1. The van der Waals surface area contributed by atoms with Gasteiger partial charge in [-0.25, -0.2) is 14.4 Å². The number of hydrogen-bond acceptors (Lipinski definition) is 7. The third kappa shape index (κ3) is 3.68. The van der Waals surface area contributed by atoms with Gasteiger partial charge >= 0.3 is 0 Å². The molecule has 0 atom stereocenters. The number of piperazine rings is 1. The summed E-state index contributed by atoms with van der Waals surface area (Å²) in [5.41, 5.74) is 3.34. The van der Waals surface area contributed by atoms with E-state index in [1.165, 1.54) is 6.07 Å². The Bertz CT molecular complexity index is 1250. The highest BCUT2D eigenvalue weighted by Gasteiger charge is 2.18. The number of halogens is 1. The quantitative estimate of drug-likeness (QED) is 0.547. The zero-order valence-corrected chi connectivity index (χ0v) is 17.3. The zero-order chi connectivity index (χ0) is 21.5. The van der Waals surface area contributed by atoms with Crippen molar-refractivity contribution >= 4 is 11.6 Å². The molecule has 9 heteroatoms. The van der Waals surface area contributed by atoms with Crippen LogP contribution in [0.2, 0.25) is 0 Å².